The van der Waals surface area contributed by atoms with Gasteiger partial charge in [0.2, 0.25) is 0 Å². The Morgan fingerprint density at radius 2 is 1.92 bits per heavy atom. The Bertz CT molecular complexity index is 371. The van der Waals surface area contributed by atoms with Gasteiger partial charge in [-0.1, -0.05) is 0 Å². The summed E-state index contributed by atoms with van der Waals surface area (Å²) in [5.41, 5.74) is 5.62. The largest absolute Gasteiger partial charge is 0.318 e. The van der Waals surface area contributed by atoms with Crippen molar-refractivity contribution in [2.24, 2.45) is 5.73 Å². The van der Waals surface area contributed by atoms with E-state index in [1.807, 2.05) is 0 Å². The maximum Gasteiger partial charge on any atom is 0.167 e. The van der Waals surface area contributed by atoms with Crippen LogP contribution in [0.4, 0.5) is 0 Å². The highest BCUT2D eigenvalue weighted by Crippen LogP contribution is 2.02. The second kappa shape index (κ2) is 3.80. The number of hydrogen-bond donors (Lipinski definition) is 1. The molecule has 0 bridgehead atoms. The molecule has 1 aromatic rings. The Morgan fingerprint density at radius 1 is 1.38 bits per heavy atom. The fourth-order valence-electron chi connectivity index (χ4n) is 0.807. The zero-order valence-corrected chi connectivity index (χ0v) is 8.08. The number of rotatable bonds is 3. The van der Waals surface area contributed by atoms with E-state index in [4.69, 9.17) is 5.73 Å². The van der Waals surface area contributed by atoms with Gasteiger partial charge in [0.25, 0.3) is 0 Å². The van der Waals surface area contributed by atoms with Gasteiger partial charge in [-0.25, -0.2) is 18.4 Å². The van der Waals surface area contributed by atoms with Gasteiger partial charge < -0.3 is 5.73 Å². The third-order valence-corrected chi connectivity index (χ3v) is 2.76. The van der Waals surface area contributed by atoms with Gasteiger partial charge in [-0.2, -0.15) is 0 Å². The van der Waals surface area contributed by atoms with Gasteiger partial charge in [-0.15, -0.1) is 0 Å². The summed E-state index contributed by atoms with van der Waals surface area (Å²) in [6.45, 7) is 1.74. The fourth-order valence-corrected chi connectivity index (χ4v) is 1.58. The lowest BCUT2D eigenvalue weighted by Crippen LogP contribution is -2.16. The molecule has 0 unspecified atom stereocenters. The van der Waals surface area contributed by atoms with Crippen LogP contribution in [0.25, 0.3) is 0 Å². The van der Waals surface area contributed by atoms with Crippen molar-refractivity contribution in [3.05, 3.63) is 23.8 Å². The van der Waals surface area contributed by atoms with Crippen LogP contribution in [0.3, 0.4) is 0 Å². The van der Waals surface area contributed by atoms with Gasteiger partial charge in [0.1, 0.15) is 5.82 Å². The Kier molecular flexibility index (Phi) is 2.94. The smallest absolute Gasteiger partial charge is 0.167 e. The first-order chi connectivity index (χ1) is 6.03. The highest BCUT2D eigenvalue weighted by atomic mass is 32.2. The summed E-state index contributed by atoms with van der Waals surface area (Å²) in [4.78, 5) is 7.76. The summed E-state index contributed by atoms with van der Waals surface area (Å²) in [6.07, 6.45) is 2.99. The molecule has 2 N–H and O–H groups in total. The summed E-state index contributed by atoms with van der Waals surface area (Å²) < 4.78 is 22.1. The lowest BCUT2D eigenvalue weighted by atomic mass is 10.4. The van der Waals surface area contributed by atoms with Gasteiger partial charge in [0.05, 0.1) is 11.6 Å². The third kappa shape index (κ3) is 3.08. The molecule has 1 heterocycles. The molecule has 0 aliphatic rings. The highest BCUT2D eigenvalue weighted by Gasteiger charge is 2.09. The first-order valence-electron chi connectivity index (χ1n) is 3.71. The maximum atomic E-state index is 11.1. The Labute approximate surface area is 76.9 Å². The van der Waals surface area contributed by atoms with Crippen LogP contribution in [-0.2, 0) is 15.6 Å². The number of aryl methyl sites for hydroxylation is 1. The van der Waals surface area contributed by atoms with Gasteiger partial charge in [0, 0.05) is 18.0 Å². The first kappa shape index (κ1) is 10.1. The molecule has 0 saturated carbocycles. The molecule has 72 valence electrons. The number of nitrogens with zero attached hydrogens (tertiary/aromatic N) is 2. The standard InChI is InChI=1S/C7H11N3O2S/c1-6-9-2-7(3-10-6)4-13(11,12)5-8/h2-3H,4-5,8H2,1H3. The number of hydrogen-bond acceptors (Lipinski definition) is 5. The van der Waals surface area contributed by atoms with Gasteiger partial charge in [0.15, 0.2) is 9.84 Å². The molecule has 6 heteroatoms. The van der Waals surface area contributed by atoms with Crippen molar-refractivity contribution in [2.75, 3.05) is 5.88 Å². The summed E-state index contributed by atoms with van der Waals surface area (Å²) in [7, 11) is -3.19. The molecule has 5 nitrogen and oxygen atoms in total. The van der Waals surface area contributed by atoms with Crippen molar-refractivity contribution in [3.63, 3.8) is 0 Å². The third-order valence-electron chi connectivity index (χ3n) is 1.47. The van der Waals surface area contributed by atoms with E-state index in [1.165, 1.54) is 12.4 Å². The Hall–Kier alpha value is -1.01. The molecular formula is C7H11N3O2S. The summed E-state index contributed by atoms with van der Waals surface area (Å²) >= 11 is 0. The summed E-state index contributed by atoms with van der Waals surface area (Å²) in [5, 5.41) is 0. The van der Waals surface area contributed by atoms with Crippen LogP contribution in [0.5, 0.6) is 0 Å². The zero-order chi connectivity index (χ0) is 9.90. The lowest BCUT2D eigenvalue weighted by molar-refractivity contribution is 0.595. The van der Waals surface area contributed by atoms with Crippen LogP contribution in [0.2, 0.25) is 0 Å². The molecular weight excluding hydrogens is 190 g/mol. The quantitative estimate of drug-likeness (QED) is 0.720. The summed E-state index contributed by atoms with van der Waals surface area (Å²) in [5.74, 6) is 0.180. The molecule has 0 radical (unpaired) electrons. The minimum atomic E-state index is -3.19. The molecule has 1 rings (SSSR count). The van der Waals surface area contributed by atoms with Crippen LogP contribution < -0.4 is 5.73 Å². The average molecular weight is 201 g/mol. The molecule has 0 aromatic carbocycles. The SMILES string of the molecule is Cc1ncc(CS(=O)(=O)CN)cn1. The maximum absolute atomic E-state index is 11.1. The fraction of sp³-hybridized carbons (Fsp3) is 0.429. The molecule has 0 atom stereocenters. The first-order valence-corrected chi connectivity index (χ1v) is 5.53. The number of sulfone groups is 1. The van der Waals surface area contributed by atoms with Crippen molar-refractivity contribution >= 4 is 9.84 Å². The molecule has 1 aromatic heterocycles. The number of nitrogens with two attached hydrogens (primary N) is 1. The van der Waals surface area contributed by atoms with E-state index in [0.29, 0.717) is 11.4 Å². The topological polar surface area (TPSA) is 85.9 Å². The second-order valence-corrected chi connectivity index (χ2v) is 4.80. The molecule has 0 amide bonds. The van der Waals surface area contributed by atoms with Crippen LogP contribution in [0, 0.1) is 6.92 Å². The molecule has 0 fully saturated rings. The van der Waals surface area contributed by atoms with E-state index in [9.17, 15) is 8.42 Å². The van der Waals surface area contributed by atoms with E-state index in [1.54, 1.807) is 6.92 Å². The molecule has 0 spiro atoms. The van der Waals surface area contributed by atoms with Crippen molar-refractivity contribution in [2.45, 2.75) is 12.7 Å². The predicted molar refractivity (Wildman–Crippen MR) is 48.4 cm³/mol. The molecule has 0 aliphatic carbocycles. The monoisotopic (exact) mass is 201 g/mol. The van der Waals surface area contributed by atoms with Crippen molar-refractivity contribution in [1.29, 1.82) is 0 Å². The van der Waals surface area contributed by atoms with Gasteiger partial charge >= 0.3 is 0 Å². The highest BCUT2D eigenvalue weighted by molar-refractivity contribution is 7.90. The van der Waals surface area contributed by atoms with Crippen molar-refractivity contribution in [3.8, 4) is 0 Å². The second-order valence-electron chi connectivity index (χ2n) is 2.69. The molecule has 0 aliphatic heterocycles. The minimum absolute atomic E-state index is 0.0935. The van der Waals surface area contributed by atoms with E-state index in [2.05, 4.69) is 9.97 Å². The number of aromatic nitrogens is 2. The molecule has 13 heavy (non-hydrogen) atoms. The average Bonchev–Trinajstić information content (AvgIpc) is 2.09. The molecule has 0 saturated heterocycles. The van der Waals surface area contributed by atoms with Crippen LogP contribution >= 0.6 is 0 Å². The van der Waals surface area contributed by atoms with Crippen molar-refractivity contribution in [1.82, 2.24) is 9.97 Å². The van der Waals surface area contributed by atoms with Crippen molar-refractivity contribution < 1.29 is 8.42 Å². The van der Waals surface area contributed by atoms with E-state index in [-0.39, 0.29) is 11.6 Å². The van der Waals surface area contributed by atoms with Gasteiger partial charge in [-0.05, 0) is 6.92 Å². The van der Waals surface area contributed by atoms with E-state index < -0.39 is 9.84 Å². The normalized spacial score (nSPS) is 11.5. The van der Waals surface area contributed by atoms with Crippen LogP contribution in [-0.4, -0.2) is 24.3 Å². The Balaban J connectivity index is 2.82. The predicted octanol–water partition coefficient (Wildman–Crippen LogP) is -0.384. The Morgan fingerprint density at radius 3 is 2.38 bits per heavy atom. The lowest BCUT2D eigenvalue weighted by Gasteiger charge is -2.00. The zero-order valence-electron chi connectivity index (χ0n) is 7.27. The van der Waals surface area contributed by atoms with Crippen LogP contribution in [0.15, 0.2) is 12.4 Å². The van der Waals surface area contributed by atoms with E-state index in [0.717, 1.165) is 0 Å². The van der Waals surface area contributed by atoms with Crippen LogP contribution in [0.1, 0.15) is 11.4 Å². The summed E-state index contributed by atoms with van der Waals surface area (Å²) in [6, 6.07) is 0. The van der Waals surface area contributed by atoms with E-state index >= 15 is 0 Å². The van der Waals surface area contributed by atoms with Gasteiger partial charge in [-0.3, -0.25) is 0 Å². The minimum Gasteiger partial charge on any atom is -0.318 e.